The minimum Gasteiger partial charge on any atom is -0.464 e. The van der Waals surface area contributed by atoms with E-state index in [9.17, 15) is 4.79 Å². The van der Waals surface area contributed by atoms with Crippen LogP contribution < -0.4 is 0 Å². The molecule has 0 aromatic heterocycles. The Morgan fingerprint density at radius 3 is 2.80 bits per heavy atom. The van der Waals surface area contributed by atoms with Gasteiger partial charge >= 0.3 is 5.97 Å². The average molecular weight is 231 g/mol. The Hall–Kier alpha value is -0.500. The summed E-state index contributed by atoms with van der Waals surface area (Å²) in [7, 11) is 0. The maximum atomic E-state index is 11.0. The van der Waals surface area contributed by atoms with Crippen molar-refractivity contribution in [2.24, 2.45) is 17.8 Å². The van der Waals surface area contributed by atoms with Gasteiger partial charge in [0.15, 0.2) is 0 Å². The van der Waals surface area contributed by atoms with E-state index in [2.05, 4.69) is 26.8 Å². The fourth-order valence-corrected chi connectivity index (χ4v) is 2.44. The average Bonchev–Trinajstić information content (AvgIpc) is 2.15. The summed E-state index contributed by atoms with van der Waals surface area (Å²) in [6.07, 6.45) is 3.38. The second kappa shape index (κ2) is 5.55. The summed E-state index contributed by atoms with van der Waals surface area (Å²) in [5, 5.41) is 0. The van der Waals surface area contributed by atoms with E-state index in [4.69, 9.17) is 16.3 Å². The van der Waals surface area contributed by atoms with Crippen LogP contribution in [0, 0.1) is 17.8 Å². The van der Waals surface area contributed by atoms with Crippen LogP contribution in [0.2, 0.25) is 0 Å². The van der Waals surface area contributed by atoms with Crippen molar-refractivity contribution < 1.29 is 9.53 Å². The second-order valence-electron chi connectivity index (χ2n) is 4.53. The highest BCUT2D eigenvalue weighted by Crippen LogP contribution is 2.33. The molecule has 0 saturated heterocycles. The van der Waals surface area contributed by atoms with E-state index in [0.29, 0.717) is 24.4 Å². The Balaban J connectivity index is 2.50. The molecule has 1 rings (SSSR count). The molecule has 0 saturated carbocycles. The van der Waals surface area contributed by atoms with Gasteiger partial charge in [0.05, 0.1) is 6.61 Å². The number of hydrogen-bond acceptors (Lipinski definition) is 2. The van der Waals surface area contributed by atoms with Gasteiger partial charge in [-0.2, -0.15) is 0 Å². The zero-order valence-corrected chi connectivity index (χ0v) is 10.4. The quantitative estimate of drug-likeness (QED) is 0.423. The lowest BCUT2D eigenvalue weighted by Crippen LogP contribution is -2.28. The molecule has 0 spiro atoms. The van der Waals surface area contributed by atoms with Crippen LogP contribution in [0.1, 0.15) is 27.2 Å². The highest BCUT2D eigenvalue weighted by Gasteiger charge is 2.27. The van der Waals surface area contributed by atoms with Gasteiger partial charge in [0.2, 0.25) is 0 Å². The van der Waals surface area contributed by atoms with Crippen molar-refractivity contribution >= 4 is 17.6 Å². The lowest BCUT2D eigenvalue weighted by molar-refractivity contribution is -0.142. The van der Waals surface area contributed by atoms with Gasteiger partial charge < -0.3 is 4.74 Å². The molecule has 0 bridgehead atoms. The largest absolute Gasteiger partial charge is 0.464 e. The Morgan fingerprint density at radius 2 is 2.27 bits per heavy atom. The predicted octanol–water partition coefficient (Wildman–Crippen LogP) is 3.01. The molecule has 3 unspecified atom stereocenters. The monoisotopic (exact) mass is 230 g/mol. The minimum atomic E-state index is -0.317. The smallest absolute Gasteiger partial charge is 0.320 e. The molecule has 0 aliphatic heterocycles. The molecule has 3 atom stereocenters. The van der Waals surface area contributed by atoms with E-state index < -0.39 is 0 Å². The second-order valence-corrected chi connectivity index (χ2v) is 4.80. The molecule has 0 heterocycles. The molecule has 0 aromatic carbocycles. The summed E-state index contributed by atoms with van der Waals surface area (Å²) < 4.78 is 5.11. The molecule has 0 radical (unpaired) electrons. The third-order valence-electron chi connectivity index (χ3n) is 3.14. The molecular weight excluding hydrogens is 212 g/mol. The van der Waals surface area contributed by atoms with Crippen LogP contribution in [0.25, 0.3) is 0 Å². The number of alkyl halides is 1. The van der Waals surface area contributed by atoms with Crippen LogP contribution in [-0.4, -0.2) is 18.5 Å². The zero-order chi connectivity index (χ0) is 11.4. The first-order chi connectivity index (χ1) is 7.04. The van der Waals surface area contributed by atoms with Crippen molar-refractivity contribution in [3.63, 3.8) is 0 Å². The first-order valence-electron chi connectivity index (χ1n) is 5.43. The Labute approximate surface area is 96.6 Å². The highest BCUT2D eigenvalue weighted by atomic mass is 35.5. The van der Waals surface area contributed by atoms with Crippen LogP contribution in [0.5, 0.6) is 0 Å². The van der Waals surface area contributed by atoms with E-state index in [1.165, 1.54) is 5.57 Å². The van der Waals surface area contributed by atoms with Crippen LogP contribution in [-0.2, 0) is 9.53 Å². The number of halogens is 1. The fraction of sp³-hybridized carbons (Fsp3) is 0.750. The molecular formula is C12H19ClO2. The van der Waals surface area contributed by atoms with Crippen LogP contribution in [0.3, 0.4) is 0 Å². The summed E-state index contributed by atoms with van der Waals surface area (Å²) in [6.45, 7) is 7.05. The number of hydrogen-bond donors (Lipinski definition) is 0. The summed E-state index contributed by atoms with van der Waals surface area (Å²) in [5.41, 5.74) is 1.44. The lowest BCUT2D eigenvalue weighted by atomic mass is 9.75. The molecule has 0 N–H and O–H groups in total. The normalized spacial score (nSPS) is 30.9. The van der Waals surface area contributed by atoms with Crippen molar-refractivity contribution in [2.75, 3.05) is 12.5 Å². The predicted molar refractivity (Wildman–Crippen MR) is 61.9 cm³/mol. The van der Waals surface area contributed by atoms with E-state index >= 15 is 0 Å². The molecule has 0 amide bonds. The van der Waals surface area contributed by atoms with Gasteiger partial charge in [-0.05, 0) is 25.2 Å². The summed E-state index contributed by atoms with van der Waals surface area (Å²) in [5.74, 6) is 1.12. The van der Waals surface area contributed by atoms with Crippen molar-refractivity contribution in [1.82, 2.24) is 0 Å². The fourth-order valence-electron chi connectivity index (χ4n) is 2.36. The van der Waals surface area contributed by atoms with Gasteiger partial charge in [-0.15, -0.1) is 11.6 Å². The minimum absolute atomic E-state index is 0.0512. The SMILES string of the molecule is CC1=CC(C)C(COC(=O)CCl)C(C)C1. The Kier molecular flexibility index (Phi) is 4.65. The molecule has 1 aliphatic carbocycles. The van der Waals surface area contributed by atoms with Crippen molar-refractivity contribution in [3.05, 3.63) is 11.6 Å². The van der Waals surface area contributed by atoms with Gasteiger partial charge in [0.1, 0.15) is 5.88 Å². The van der Waals surface area contributed by atoms with Gasteiger partial charge in [0.25, 0.3) is 0 Å². The maximum absolute atomic E-state index is 11.0. The van der Waals surface area contributed by atoms with Crippen LogP contribution in [0.4, 0.5) is 0 Å². The molecule has 1 aliphatic rings. The number of esters is 1. The van der Waals surface area contributed by atoms with E-state index in [1.54, 1.807) is 0 Å². The third kappa shape index (κ3) is 3.53. The molecule has 86 valence electrons. The molecule has 0 fully saturated rings. The number of ether oxygens (including phenoxy) is 1. The number of allylic oxidation sites excluding steroid dienone is 2. The van der Waals surface area contributed by atoms with Gasteiger partial charge in [0, 0.05) is 5.92 Å². The first-order valence-corrected chi connectivity index (χ1v) is 5.97. The molecule has 2 nitrogen and oxygen atoms in total. The first kappa shape index (κ1) is 12.6. The van der Waals surface area contributed by atoms with Crippen LogP contribution in [0.15, 0.2) is 11.6 Å². The Morgan fingerprint density at radius 1 is 1.60 bits per heavy atom. The summed E-state index contributed by atoms with van der Waals surface area (Å²) in [6, 6.07) is 0. The van der Waals surface area contributed by atoms with E-state index in [0.717, 1.165) is 6.42 Å². The number of rotatable bonds is 3. The van der Waals surface area contributed by atoms with Crippen LogP contribution >= 0.6 is 11.6 Å². The van der Waals surface area contributed by atoms with Gasteiger partial charge in [-0.25, -0.2) is 0 Å². The lowest BCUT2D eigenvalue weighted by Gasteiger charge is -2.32. The highest BCUT2D eigenvalue weighted by molar-refractivity contribution is 6.26. The van der Waals surface area contributed by atoms with Crippen molar-refractivity contribution in [1.29, 1.82) is 0 Å². The Bertz CT molecular complexity index is 260. The molecule has 15 heavy (non-hydrogen) atoms. The number of carbonyl (C=O) groups excluding carboxylic acids is 1. The summed E-state index contributed by atoms with van der Waals surface area (Å²) >= 11 is 5.38. The maximum Gasteiger partial charge on any atom is 0.320 e. The van der Waals surface area contributed by atoms with Gasteiger partial charge in [-0.1, -0.05) is 25.5 Å². The molecule has 3 heteroatoms. The van der Waals surface area contributed by atoms with Crippen molar-refractivity contribution in [2.45, 2.75) is 27.2 Å². The van der Waals surface area contributed by atoms with Gasteiger partial charge in [-0.3, -0.25) is 4.79 Å². The number of carbonyl (C=O) groups is 1. The third-order valence-corrected chi connectivity index (χ3v) is 3.36. The summed E-state index contributed by atoms with van der Waals surface area (Å²) in [4.78, 5) is 11.0. The topological polar surface area (TPSA) is 26.3 Å². The molecule has 0 aromatic rings. The zero-order valence-electron chi connectivity index (χ0n) is 9.63. The van der Waals surface area contributed by atoms with E-state index in [1.807, 2.05) is 0 Å². The van der Waals surface area contributed by atoms with E-state index in [-0.39, 0.29) is 11.8 Å². The standard InChI is InChI=1S/C12H19ClO2/c1-8-4-9(2)11(10(3)5-8)7-15-12(14)6-13/h4,9-11H,5-7H2,1-3H3. The van der Waals surface area contributed by atoms with Crippen molar-refractivity contribution in [3.8, 4) is 0 Å².